The summed E-state index contributed by atoms with van der Waals surface area (Å²) >= 11 is 5.81. The Morgan fingerprint density at radius 1 is 1.16 bits per heavy atom. The maximum Gasteiger partial charge on any atom is 0.321 e. The van der Waals surface area contributed by atoms with Gasteiger partial charge in [0.2, 0.25) is 0 Å². The number of carbonyl (C=O) groups excluding carboxylic acids is 1. The van der Waals surface area contributed by atoms with E-state index in [1.807, 2.05) is 17.0 Å². The molecule has 19 heavy (non-hydrogen) atoms. The summed E-state index contributed by atoms with van der Waals surface area (Å²) in [6.45, 7) is 4.08. The third kappa shape index (κ3) is 2.85. The molecule has 2 heterocycles. The van der Waals surface area contributed by atoms with Crippen molar-refractivity contribution in [1.82, 2.24) is 9.80 Å². The highest BCUT2D eigenvalue weighted by molar-refractivity contribution is 6.30. The zero-order valence-electron chi connectivity index (χ0n) is 10.8. The first-order valence-electron chi connectivity index (χ1n) is 6.78. The molecule has 0 radical (unpaired) electrons. The van der Waals surface area contributed by atoms with Crippen molar-refractivity contribution < 1.29 is 4.79 Å². The maximum atomic E-state index is 12.0. The fourth-order valence-corrected chi connectivity index (χ4v) is 2.82. The Morgan fingerprint density at radius 3 is 2.42 bits per heavy atom. The highest BCUT2D eigenvalue weighted by atomic mass is 35.5. The first kappa shape index (κ1) is 12.8. The Balaban J connectivity index is 1.48. The van der Waals surface area contributed by atoms with Gasteiger partial charge in [-0.15, -0.1) is 0 Å². The van der Waals surface area contributed by atoms with Crippen molar-refractivity contribution in [2.75, 3.05) is 31.5 Å². The molecule has 3 rings (SSSR count). The van der Waals surface area contributed by atoms with Gasteiger partial charge in [-0.2, -0.15) is 0 Å². The van der Waals surface area contributed by atoms with Crippen LogP contribution in [0.2, 0.25) is 5.02 Å². The number of anilines is 1. The van der Waals surface area contributed by atoms with Gasteiger partial charge in [-0.3, -0.25) is 4.90 Å². The summed E-state index contributed by atoms with van der Waals surface area (Å²) in [4.78, 5) is 16.4. The van der Waals surface area contributed by atoms with Crippen LogP contribution in [0.1, 0.15) is 12.8 Å². The second-order valence-electron chi connectivity index (χ2n) is 5.24. The van der Waals surface area contributed by atoms with Crippen LogP contribution in [0.3, 0.4) is 0 Å². The van der Waals surface area contributed by atoms with Crippen molar-refractivity contribution in [1.29, 1.82) is 0 Å². The van der Waals surface area contributed by atoms with E-state index in [1.54, 1.807) is 12.1 Å². The molecular weight excluding hydrogens is 262 g/mol. The van der Waals surface area contributed by atoms with Gasteiger partial charge >= 0.3 is 6.03 Å². The van der Waals surface area contributed by atoms with E-state index in [1.165, 1.54) is 25.9 Å². The number of carbonyl (C=O) groups is 1. The van der Waals surface area contributed by atoms with Crippen molar-refractivity contribution >= 4 is 23.3 Å². The number of rotatable bonds is 2. The monoisotopic (exact) mass is 279 g/mol. The summed E-state index contributed by atoms with van der Waals surface area (Å²) < 4.78 is 0. The second kappa shape index (κ2) is 5.39. The lowest BCUT2D eigenvalue weighted by Crippen LogP contribution is -2.61. The zero-order chi connectivity index (χ0) is 13.2. The number of nitrogens with zero attached hydrogens (tertiary/aromatic N) is 2. The molecule has 2 saturated heterocycles. The van der Waals surface area contributed by atoms with Crippen LogP contribution >= 0.6 is 11.6 Å². The average Bonchev–Trinajstić information content (AvgIpc) is 2.84. The Morgan fingerprint density at radius 2 is 1.79 bits per heavy atom. The number of benzene rings is 1. The Bertz CT molecular complexity index is 450. The largest absolute Gasteiger partial charge is 0.321 e. The first-order valence-corrected chi connectivity index (χ1v) is 7.16. The lowest BCUT2D eigenvalue weighted by Gasteiger charge is -2.43. The molecule has 0 atom stereocenters. The van der Waals surface area contributed by atoms with E-state index in [4.69, 9.17) is 11.6 Å². The van der Waals surface area contributed by atoms with E-state index in [9.17, 15) is 4.79 Å². The van der Waals surface area contributed by atoms with Gasteiger partial charge in [0.25, 0.3) is 0 Å². The minimum Gasteiger partial charge on any atom is -0.321 e. The van der Waals surface area contributed by atoms with Crippen molar-refractivity contribution in [2.24, 2.45) is 0 Å². The van der Waals surface area contributed by atoms with Crippen molar-refractivity contribution in [3.63, 3.8) is 0 Å². The second-order valence-corrected chi connectivity index (χ2v) is 5.68. The van der Waals surface area contributed by atoms with E-state index in [0.29, 0.717) is 11.1 Å². The molecule has 1 aromatic rings. The molecule has 0 bridgehead atoms. The van der Waals surface area contributed by atoms with Gasteiger partial charge in [0.15, 0.2) is 0 Å². The molecule has 0 aliphatic carbocycles. The number of urea groups is 1. The zero-order valence-corrected chi connectivity index (χ0v) is 11.6. The molecule has 0 unspecified atom stereocenters. The van der Waals surface area contributed by atoms with Gasteiger partial charge in [0.05, 0.1) is 0 Å². The van der Waals surface area contributed by atoms with Gasteiger partial charge < -0.3 is 10.2 Å². The standard InChI is InChI=1S/C14H18ClN3O/c15-11-3-5-12(6-4-11)16-14(19)18-9-13(10-18)17-7-1-2-8-17/h3-6,13H,1-2,7-10H2,(H,16,19). The Kier molecular flexibility index (Phi) is 3.62. The molecule has 0 spiro atoms. The van der Waals surface area contributed by atoms with E-state index < -0.39 is 0 Å². The molecule has 2 aliphatic heterocycles. The number of amides is 2. The smallest absolute Gasteiger partial charge is 0.321 e. The van der Waals surface area contributed by atoms with Gasteiger partial charge in [-0.1, -0.05) is 11.6 Å². The van der Waals surface area contributed by atoms with Crippen LogP contribution in [0.5, 0.6) is 0 Å². The summed E-state index contributed by atoms with van der Waals surface area (Å²) in [5.41, 5.74) is 0.791. The van der Waals surface area contributed by atoms with E-state index >= 15 is 0 Å². The molecule has 102 valence electrons. The van der Waals surface area contributed by atoms with E-state index in [2.05, 4.69) is 10.2 Å². The molecular formula is C14H18ClN3O. The highest BCUT2D eigenvalue weighted by Crippen LogP contribution is 2.21. The maximum absolute atomic E-state index is 12.0. The highest BCUT2D eigenvalue weighted by Gasteiger charge is 2.35. The van der Waals surface area contributed by atoms with Gasteiger partial charge in [-0.05, 0) is 50.2 Å². The Hall–Kier alpha value is -1.26. The predicted octanol–water partition coefficient (Wildman–Crippen LogP) is 2.65. The average molecular weight is 280 g/mol. The molecule has 0 aromatic heterocycles. The van der Waals surface area contributed by atoms with Crippen LogP contribution in [-0.4, -0.2) is 48.1 Å². The van der Waals surface area contributed by atoms with Gasteiger partial charge in [0.1, 0.15) is 0 Å². The summed E-state index contributed by atoms with van der Waals surface area (Å²) in [7, 11) is 0. The number of halogens is 1. The number of hydrogen-bond donors (Lipinski definition) is 1. The van der Waals surface area contributed by atoms with E-state index in [0.717, 1.165) is 18.8 Å². The normalized spacial score (nSPS) is 20.4. The minimum atomic E-state index is -0.0160. The molecule has 0 saturated carbocycles. The van der Waals surface area contributed by atoms with Crippen LogP contribution in [0.4, 0.5) is 10.5 Å². The predicted molar refractivity (Wildman–Crippen MR) is 76.6 cm³/mol. The minimum absolute atomic E-state index is 0.0160. The Labute approximate surface area is 118 Å². The lowest BCUT2D eigenvalue weighted by atomic mass is 10.1. The van der Waals surface area contributed by atoms with Crippen LogP contribution < -0.4 is 5.32 Å². The summed E-state index contributed by atoms with van der Waals surface area (Å²) in [6, 6.07) is 7.74. The number of likely N-dealkylation sites (tertiary alicyclic amines) is 2. The lowest BCUT2D eigenvalue weighted by molar-refractivity contribution is 0.0776. The molecule has 1 N–H and O–H groups in total. The van der Waals surface area contributed by atoms with E-state index in [-0.39, 0.29) is 6.03 Å². The molecule has 2 fully saturated rings. The first-order chi connectivity index (χ1) is 9.22. The van der Waals surface area contributed by atoms with Crippen molar-refractivity contribution in [3.8, 4) is 0 Å². The number of hydrogen-bond acceptors (Lipinski definition) is 2. The molecule has 2 aliphatic rings. The van der Waals surface area contributed by atoms with Gasteiger partial charge in [-0.25, -0.2) is 4.79 Å². The molecule has 4 nitrogen and oxygen atoms in total. The fourth-order valence-electron chi connectivity index (χ4n) is 2.69. The number of nitrogens with one attached hydrogen (secondary N) is 1. The summed E-state index contributed by atoms with van der Waals surface area (Å²) in [5, 5.41) is 3.57. The van der Waals surface area contributed by atoms with Crippen LogP contribution in [-0.2, 0) is 0 Å². The molecule has 1 aromatic carbocycles. The third-order valence-corrected chi connectivity index (χ3v) is 4.15. The van der Waals surface area contributed by atoms with Crippen molar-refractivity contribution in [2.45, 2.75) is 18.9 Å². The third-order valence-electron chi connectivity index (χ3n) is 3.90. The molecule has 5 heteroatoms. The summed E-state index contributed by atoms with van der Waals surface area (Å²) in [6.07, 6.45) is 2.60. The quantitative estimate of drug-likeness (QED) is 0.903. The van der Waals surface area contributed by atoms with Crippen LogP contribution in [0.25, 0.3) is 0 Å². The summed E-state index contributed by atoms with van der Waals surface area (Å²) in [5.74, 6) is 0. The SMILES string of the molecule is O=C(Nc1ccc(Cl)cc1)N1CC(N2CCCC2)C1. The van der Waals surface area contributed by atoms with Crippen molar-refractivity contribution in [3.05, 3.63) is 29.3 Å². The van der Waals surface area contributed by atoms with Gasteiger partial charge in [0, 0.05) is 29.8 Å². The topological polar surface area (TPSA) is 35.6 Å². The molecule has 2 amide bonds. The van der Waals surface area contributed by atoms with Crippen LogP contribution in [0.15, 0.2) is 24.3 Å². The van der Waals surface area contributed by atoms with Crippen LogP contribution in [0, 0.1) is 0 Å². The fraction of sp³-hybridized carbons (Fsp3) is 0.500.